The van der Waals surface area contributed by atoms with Gasteiger partial charge in [-0.25, -0.2) is 0 Å². The van der Waals surface area contributed by atoms with Crippen LogP contribution in [-0.2, 0) is 4.79 Å². The summed E-state index contributed by atoms with van der Waals surface area (Å²) in [7, 11) is 1.64. The van der Waals surface area contributed by atoms with Crippen LogP contribution in [0, 0.1) is 0 Å². The molecule has 6 heteroatoms. The van der Waals surface area contributed by atoms with Gasteiger partial charge in [0.05, 0.1) is 12.9 Å². The molecule has 4 rings (SSSR count). The quantitative estimate of drug-likeness (QED) is 0.865. The molecule has 0 saturated carbocycles. The summed E-state index contributed by atoms with van der Waals surface area (Å²) in [6, 6.07) is 13.4. The molecule has 1 amide bonds. The van der Waals surface area contributed by atoms with Crippen molar-refractivity contribution in [2.45, 2.75) is 5.37 Å². The van der Waals surface area contributed by atoms with E-state index in [0.717, 1.165) is 17.0 Å². The summed E-state index contributed by atoms with van der Waals surface area (Å²) in [5.74, 6) is 2.68. The zero-order valence-corrected chi connectivity index (χ0v) is 13.3. The van der Waals surface area contributed by atoms with Crippen molar-refractivity contribution in [2.24, 2.45) is 0 Å². The van der Waals surface area contributed by atoms with Crippen LogP contribution in [0.25, 0.3) is 0 Å². The number of rotatable bonds is 3. The van der Waals surface area contributed by atoms with Crippen LogP contribution in [0.15, 0.2) is 42.5 Å². The van der Waals surface area contributed by atoms with E-state index in [1.807, 2.05) is 42.5 Å². The normalized spacial score (nSPS) is 19.3. The Hall–Kier alpha value is -2.34. The van der Waals surface area contributed by atoms with Gasteiger partial charge >= 0.3 is 0 Å². The predicted octanol–water partition coefficient (Wildman–Crippen LogP) is 3.20. The molecule has 0 bridgehead atoms. The van der Waals surface area contributed by atoms with Gasteiger partial charge < -0.3 is 14.2 Å². The number of nitrogens with zero attached hydrogens (tertiary/aromatic N) is 1. The molecule has 23 heavy (non-hydrogen) atoms. The molecule has 1 fully saturated rings. The van der Waals surface area contributed by atoms with Crippen molar-refractivity contribution < 1.29 is 19.0 Å². The minimum atomic E-state index is -0.112. The lowest BCUT2D eigenvalue weighted by molar-refractivity contribution is -0.115. The van der Waals surface area contributed by atoms with Crippen LogP contribution in [0.5, 0.6) is 17.2 Å². The number of carbonyl (C=O) groups excluding carboxylic acids is 1. The van der Waals surface area contributed by atoms with Crippen LogP contribution >= 0.6 is 11.8 Å². The summed E-state index contributed by atoms with van der Waals surface area (Å²) in [5.41, 5.74) is 1.80. The van der Waals surface area contributed by atoms with E-state index >= 15 is 0 Å². The number of hydrogen-bond donors (Lipinski definition) is 0. The predicted molar refractivity (Wildman–Crippen MR) is 88.2 cm³/mol. The Morgan fingerprint density at radius 2 is 2.00 bits per heavy atom. The highest BCUT2D eigenvalue weighted by molar-refractivity contribution is 8.00. The Kier molecular flexibility index (Phi) is 3.53. The average molecular weight is 329 g/mol. The zero-order chi connectivity index (χ0) is 15.8. The van der Waals surface area contributed by atoms with Crippen molar-refractivity contribution >= 4 is 23.4 Å². The van der Waals surface area contributed by atoms with Crippen LogP contribution in [-0.4, -0.2) is 25.6 Å². The van der Waals surface area contributed by atoms with Gasteiger partial charge in [-0.15, -0.1) is 11.8 Å². The molecule has 0 N–H and O–H groups in total. The Labute approximate surface area is 138 Å². The first-order valence-electron chi connectivity index (χ1n) is 7.24. The highest BCUT2D eigenvalue weighted by Gasteiger charge is 2.36. The first-order valence-corrected chi connectivity index (χ1v) is 8.29. The van der Waals surface area contributed by atoms with Gasteiger partial charge in [0.2, 0.25) is 12.7 Å². The van der Waals surface area contributed by atoms with Crippen molar-refractivity contribution in [1.29, 1.82) is 0 Å². The Morgan fingerprint density at radius 3 is 2.87 bits per heavy atom. The minimum Gasteiger partial charge on any atom is -0.496 e. The van der Waals surface area contributed by atoms with E-state index in [9.17, 15) is 4.79 Å². The third-order valence-electron chi connectivity index (χ3n) is 3.91. The average Bonchev–Trinajstić information content (AvgIpc) is 3.20. The van der Waals surface area contributed by atoms with Crippen LogP contribution in [0.1, 0.15) is 10.9 Å². The number of thioether (sulfide) groups is 1. The van der Waals surface area contributed by atoms with Crippen LogP contribution in [0.3, 0.4) is 0 Å². The van der Waals surface area contributed by atoms with Gasteiger partial charge in [0.25, 0.3) is 0 Å². The number of amides is 1. The second kappa shape index (κ2) is 5.70. The molecule has 2 aromatic carbocycles. The SMILES string of the molecule is COc1ccccc1C1SCC(=O)N1c1ccc2c(c1)OCO2. The molecule has 0 aromatic heterocycles. The third kappa shape index (κ3) is 2.39. The van der Waals surface area contributed by atoms with Gasteiger partial charge in [-0.05, 0) is 18.2 Å². The summed E-state index contributed by atoms with van der Waals surface area (Å²) in [6.07, 6.45) is 0. The molecule has 1 atom stereocenters. The molecule has 5 nitrogen and oxygen atoms in total. The van der Waals surface area contributed by atoms with Crippen molar-refractivity contribution in [3.05, 3.63) is 48.0 Å². The van der Waals surface area contributed by atoms with Gasteiger partial charge in [0.1, 0.15) is 11.1 Å². The lowest BCUT2D eigenvalue weighted by Crippen LogP contribution is -2.27. The lowest BCUT2D eigenvalue weighted by atomic mass is 10.1. The maximum atomic E-state index is 12.5. The van der Waals surface area contributed by atoms with E-state index in [1.165, 1.54) is 0 Å². The smallest absolute Gasteiger partial charge is 0.238 e. The largest absolute Gasteiger partial charge is 0.496 e. The third-order valence-corrected chi connectivity index (χ3v) is 5.10. The van der Waals surface area contributed by atoms with Crippen LogP contribution in [0.4, 0.5) is 5.69 Å². The second-order valence-corrected chi connectivity index (χ2v) is 6.28. The van der Waals surface area contributed by atoms with E-state index in [4.69, 9.17) is 14.2 Å². The number of hydrogen-bond acceptors (Lipinski definition) is 5. The summed E-state index contributed by atoms with van der Waals surface area (Å²) < 4.78 is 16.2. The molecule has 2 aromatic rings. The Morgan fingerprint density at radius 1 is 1.17 bits per heavy atom. The molecule has 1 unspecified atom stereocenters. The summed E-state index contributed by atoms with van der Waals surface area (Å²) in [4.78, 5) is 14.2. The van der Waals surface area contributed by atoms with E-state index < -0.39 is 0 Å². The number of para-hydroxylation sites is 1. The number of fused-ring (bicyclic) bond motifs is 1. The summed E-state index contributed by atoms with van der Waals surface area (Å²) >= 11 is 1.59. The molecule has 0 spiro atoms. The molecule has 2 aliphatic rings. The number of anilines is 1. The van der Waals surface area contributed by atoms with E-state index in [2.05, 4.69) is 0 Å². The van der Waals surface area contributed by atoms with Crippen molar-refractivity contribution in [2.75, 3.05) is 24.6 Å². The van der Waals surface area contributed by atoms with Crippen molar-refractivity contribution in [3.63, 3.8) is 0 Å². The standard InChI is InChI=1S/C17H15NO4S/c1-20-13-5-3-2-4-12(13)17-18(16(19)9-23-17)11-6-7-14-15(8-11)22-10-21-14/h2-8,17H,9-10H2,1H3. The topological polar surface area (TPSA) is 48.0 Å². The number of benzene rings is 2. The van der Waals surface area contributed by atoms with Gasteiger partial charge in [0.15, 0.2) is 11.5 Å². The fourth-order valence-electron chi connectivity index (χ4n) is 2.84. The van der Waals surface area contributed by atoms with Gasteiger partial charge in [-0.1, -0.05) is 18.2 Å². The minimum absolute atomic E-state index is 0.0739. The van der Waals surface area contributed by atoms with Gasteiger partial charge in [-0.2, -0.15) is 0 Å². The van der Waals surface area contributed by atoms with Crippen LogP contribution in [0.2, 0.25) is 0 Å². The maximum absolute atomic E-state index is 12.5. The fraction of sp³-hybridized carbons (Fsp3) is 0.235. The molecule has 2 aliphatic heterocycles. The molecule has 2 heterocycles. The van der Waals surface area contributed by atoms with Gasteiger partial charge in [0, 0.05) is 17.3 Å². The zero-order valence-electron chi connectivity index (χ0n) is 12.5. The van der Waals surface area contributed by atoms with Gasteiger partial charge in [-0.3, -0.25) is 9.69 Å². The van der Waals surface area contributed by atoms with Crippen molar-refractivity contribution in [3.8, 4) is 17.2 Å². The van der Waals surface area contributed by atoms with E-state index in [1.54, 1.807) is 23.8 Å². The first-order chi connectivity index (χ1) is 11.3. The highest BCUT2D eigenvalue weighted by Crippen LogP contribution is 2.46. The van der Waals surface area contributed by atoms with Crippen molar-refractivity contribution in [1.82, 2.24) is 0 Å². The molecule has 0 aliphatic carbocycles. The maximum Gasteiger partial charge on any atom is 0.238 e. The lowest BCUT2D eigenvalue weighted by Gasteiger charge is -2.25. The molecule has 0 radical (unpaired) electrons. The summed E-state index contributed by atoms with van der Waals surface area (Å²) in [6.45, 7) is 0.220. The first kappa shape index (κ1) is 14.3. The molecule has 1 saturated heterocycles. The molecular formula is C17H15NO4S. The Balaban J connectivity index is 1.75. The second-order valence-electron chi connectivity index (χ2n) is 5.21. The monoisotopic (exact) mass is 329 g/mol. The number of carbonyl (C=O) groups is 1. The van der Waals surface area contributed by atoms with E-state index in [-0.39, 0.29) is 18.1 Å². The molecule has 118 valence electrons. The van der Waals surface area contributed by atoms with Crippen LogP contribution < -0.4 is 19.1 Å². The number of ether oxygens (including phenoxy) is 3. The molecular weight excluding hydrogens is 314 g/mol. The summed E-state index contributed by atoms with van der Waals surface area (Å²) in [5, 5.41) is -0.112. The fourth-order valence-corrected chi connectivity index (χ4v) is 4.04. The highest BCUT2D eigenvalue weighted by atomic mass is 32.2. The number of methoxy groups -OCH3 is 1. The Bertz CT molecular complexity index is 764. The van der Waals surface area contributed by atoms with E-state index in [0.29, 0.717) is 17.3 Å².